The molecule has 7 nitrogen and oxygen atoms in total. The number of ether oxygens (including phenoxy) is 2. The fourth-order valence-corrected chi connectivity index (χ4v) is 5.28. The Morgan fingerprint density at radius 1 is 1.20 bits per heavy atom. The Balaban J connectivity index is 1.43. The Morgan fingerprint density at radius 2 is 1.91 bits per heavy atom. The molecule has 3 aromatic rings. The summed E-state index contributed by atoms with van der Waals surface area (Å²) < 4.78 is 75.3. The Labute approximate surface area is 202 Å². The lowest BCUT2D eigenvalue weighted by molar-refractivity contribution is -0.137. The molecule has 0 spiro atoms. The van der Waals surface area contributed by atoms with Crippen LogP contribution in [0.25, 0.3) is 11.3 Å². The predicted molar refractivity (Wildman–Crippen MR) is 123 cm³/mol. The highest BCUT2D eigenvalue weighted by molar-refractivity contribution is 7.76. The highest BCUT2D eigenvalue weighted by Gasteiger charge is 2.53. The van der Waals surface area contributed by atoms with Crippen molar-refractivity contribution in [2.75, 3.05) is 13.2 Å². The Hall–Kier alpha value is -2.73. The zero-order chi connectivity index (χ0) is 24.8. The fourth-order valence-electron chi connectivity index (χ4n) is 4.30. The molecule has 1 N–H and O–H groups in total. The van der Waals surface area contributed by atoms with E-state index in [-0.39, 0.29) is 11.8 Å². The number of rotatable bonds is 8. The van der Waals surface area contributed by atoms with Crippen LogP contribution in [0.2, 0.25) is 0 Å². The molecule has 11 heteroatoms. The van der Waals surface area contributed by atoms with Crippen molar-refractivity contribution in [3.63, 3.8) is 0 Å². The Morgan fingerprint density at radius 3 is 2.46 bits per heavy atom. The molecule has 2 heterocycles. The fraction of sp³-hybridized carbons (Fsp3) is 0.375. The standard InChI is InChI=1S/C24H24F3N3O4S/c1-2-29-22(34-20-10-6-17(7-11-20)24(25,26)27)13-21(28-29)16-4-3-5-18(12-16)23(14-33-15-23)30(35(31)32)19-8-9-19/h3-7,10-13,19H,2,8-9,14-15H2,1H3,(H,31,32). The lowest BCUT2D eigenvalue weighted by Gasteiger charge is -2.48. The molecule has 0 amide bonds. The maximum absolute atomic E-state index is 12.8. The smallest absolute Gasteiger partial charge is 0.416 e. The number of nitrogens with zero attached hydrogens (tertiary/aromatic N) is 3. The van der Waals surface area contributed by atoms with E-state index in [2.05, 4.69) is 5.10 Å². The van der Waals surface area contributed by atoms with Crippen molar-refractivity contribution >= 4 is 11.3 Å². The topological polar surface area (TPSA) is 76.8 Å². The quantitative estimate of drug-likeness (QED) is 0.424. The summed E-state index contributed by atoms with van der Waals surface area (Å²) in [5.74, 6) is 0.661. The van der Waals surface area contributed by atoms with Gasteiger partial charge in [-0.2, -0.15) is 22.6 Å². The van der Waals surface area contributed by atoms with Crippen LogP contribution >= 0.6 is 0 Å². The van der Waals surface area contributed by atoms with E-state index in [4.69, 9.17) is 9.47 Å². The molecule has 1 saturated heterocycles. The van der Waals surface area contributed by atoms with Gasteiger partial charge in [0, 0.05) is 24.2 Å². The van der Waals surface area contributed by atoms with Crippen molar-refractivity contribution < 1.29 is 31.4 Å². The first-order chi connectivity index (χ1) is 16.7. The monoisotopic (exact) mass is 507 g/mol. The van der Waals surface area contributed by atoms with Gasteiger partial charge in [0.15, 0.2) is 0 Å². The summed E-state index contributed by atoms with van der Waals surface area (Å²) in [4.78, 5) is 0. The maximum Gasteiger partial charge on any atom is 0.416 e. The van der Waals surface area contributed by atoms with E-state index >= 15 is 0 Å². The normalized spacial score (nSPS) is 18.3. The van der Waals surface area contributed by atoms with Crippen molar-refractivity contribution in [2.24, 2.45) is 0 Å². The van der Waals surface area contributed by atoms with Gasteiger partial charge in [0.2, 0.25) is 17.1 Å². The first-order valence-electron chi connectivity index (χ1n) is 11.2. The summed E-state index contributed by atoms with van der Waals surface area (Å²) >= 11 is -2.13. The van der Waals surface area contributed by atoms with Crippen LogP contribution in [-0.2, 0) is 34.3 Å². The highest BCUT2D eigenvalue weighted by Crippen LogP contribution is 2.44. The van der Waals surface area contributed by atoms with Crippen molar-refractivity contribution in [1.82, 2.24) is 14.1 Å². The number of hydrogen-bond donors (Lipinski definition) is 1. The molecule has 1 aromatic heterocycles. The molecule has 0 bridgehead atoms. The van der Waals surface area contributed by atoms with Crippen LogP contribution in [0.3, 0.4) is 0 Å². The lowest BCUT2D eigenvalue weighted by atomic mass is 9.86. The van der Waals surface area contributed by atoms with Gasteiger partial charge in [0.05, 0.1) is 24.5 Å². The maximum atomic E-state index is 12.8. The number of alkyl halides is 3. The van der Waals surface area contributed by atoms with Crippen molar-refractivity contribution in [2.45, 2.75) is 44.1 Å². The third kappa shape index (κ3) is 4.61. The Bertz CT molecular complexity index is 1240. The van der Waals surface area contributed by atoms with Crippen molar-refractivity contribution in [3.05, 3.63) is 65.7 Å². The van der Waals surface area contributed by atoms with Gasteiger partial charge < -0.3 is 9.47 Å². The number of benzene rings is 2. The summed E-state index contributed by atoms with van der Waals surface area (Å²) in [7, 11) is 0. The van der Waals surface area contributed by atoms with E-state index < -0.39 is 28.5 Å². The minimum Gasteiger partial charge on any atom is -0.439 e. The molecule has 186 valence electrons. The van der Waals surface area contributed by atoms with Gasteiger partial charge in [-0.05, 0) is 55.7 Å². The third-order valence-corrected chi connectivity index (χ3v) is 7.28. The lowest BCUT2D eigenvalue weighted by Crippen LogP contribution is -2.60. The number of aromatic nitrogens is 2. The van der Waals surface area contributed by atoms with Crippen molar-refractivity contribution in [1.29, 1.82) is 0 Å². The van der Waals surface area contributed by atoms with E-state index in [0.717, 1.165) is 36.1 Å². The molecule has 1 atom stereocenters. The molecule has 1 saturated carbocycles. The van der Waals surface area contributed by atoms with E-state index in [9.17, 15) is 21.9 Å². The predicted octanol–water partition coefficient (Wildman–Crippen LogP) is 5.21. The first kappa shape index (κ1) is 24.0. The van der Waals surface area contributed by atoms with Gasteiger partial charge in [0.25, 0.3) is 0 Å². The summed E-state index contributed by atoms with van der Waals surface area (Å²) in [6.45, 7) is 3.03. The van der Waals surface area contributed by atoms with Crippen LogP contribution in [0.5, 0.6) is 11.6 Å². The van der Waals surface area contributed by atoms with Crippen LogP contribution in [0.15, 0.2) is 54.6 Å². The second-order valence-corrected chi connectivity index (χ2v) is 9.56. The molecular weight excluding hydrogens is 483 g/mol. The summed E-state index contributed by atoms with van der Waals surface area (Å²) in [5.41, 5.74) is 0.854. The zero-order valence-electron chi connectivity index (χ0n) is 18.9. The molecule has 2 aliphatic rings. The second kappa shape index (κ2) is 9.05. The van der Waals surface area contributed by atoms with Crippen LogP contribution in [0.4, 0.5) is 13.2 Å². The van der Waals surface area contributed by atoms with E-state index in [0.29, 0.717) is 31.3 Å². The molecule has 2 fully saturated rings. The van der Waals surface area contributed by atoms with Gasteiger partial charge in [-0.3, -0.25) is 4.55 Å². The molecule has 5 rings (SSSR count). The molecule has 1 unspecified atom stereocenters. The summed E-state index contributed by atoms with van der Waals surface area (Å²) in [5, 5.41) is 4.60. The largest absolute Gasteiger partial charge is 0.439 e. The molecule has 2 aromatic carbocycles. The summed E-state index contributed by atoms with van der Waals surface area (Å²) in [6, 6.07) is 13.9. The number of hydrogen-bond acceptors (Lipinski definition) is 4. The van der Waals surface area contributed by atoms with Crippen LogP contribution in [0, 0.1) is 0 Å². The summed E-state index contributed by atoms with van der Waals surface area (Å²) in [6.07, 6.45) is -2.67. The third-order valence-electron chi connectivity index (χ3n) is 6.29. The highest BCUT2D eigenvalue weighted by atomic mass is 32.2. The average Bonchev–Trinajstić information content (AvgIpc) is 3.54. The molecule has 0 radical (unpaired) electrons. The molecule has 1 aliphatic carbocycles. The van der Waals surface area contributed by atoms with Crippen LogP contribution in [0.1, 0.15) is 30.9 Å². The van der Waals surface area contributed by atoms with Gasteiger partial charge in [-0.1, -0.05) is 18.2 Å². The van der Waals surface area contributed by atoms with Gasteiger partial charge in [0.1, 0.15) is 11.3 Å². The van der Waals surface area contributed by atoms with Gasteiger partial charge in [-0.25, -0.2) is 8.89 Å². The second-order valence-electron chi connectivity index (χ2n) is 8.70. The van der Waals surface area contributed by atoms with Gasteiger partial charge in [-0.15, -0.1) is 0 Å². The first-order valence-corrected chi connectivity index (χ1v) is 12.3. The minimum absolute atomic E-state index is 0.0522. The minimum atomic E-state index is -4.41. The van der Waals surface area contributed by atoms with Gasteiger partial charge >= 0.3 is 6.18 Å². The van der Waals surface area contributed by atoms with Crippen LogP contribution in [-0.4, -0.2) is 42.1 Å². The number of halogens is 3. The van der Waals surface area contributed by atoms with E-state index in [1.54, 1.807) is 15.1 Å². The van der Waals surface area contributed by atoms with Crippen molar-refractivity contribution in [3.8, 4) is 22.9 Å². The molecule has 1 aliphatic heterocycles. The average molecular weight is 508 g/mol. The van der Waals surface area contributed by atoms with E-state index in [1.165, 1.54) is 12.1 Å². The molecule has 35 heavy (non-hydrogen) atoms. The number of aryl methyl sites for hydroxylation is 1. The van der Waals surface area contributed by atoms with E-state index in [1.807, 2.05) is 31.2 Å². The SMILES string of the molecule is CCn1nc(-c2cccc(C3(N(C4CC4)S(=O)O)COC3)c2)cc1Oc1ccc(C(F)(F)F)cc1. The Kier molecular flexibility index (Phi) is 6.20. The van der Waals surface area contributed by atoms with Crippen LogP contribution < -0.4 is 4.74 Å². The molecular formula is C24H24F3N3O4S. The zero-order valence-corrected chi connectivity index (χ0v) is 19.7.